The van der Waals surface area contributed by atoms with Crippen molar-refractivity contribution in [2.24, 2.45) is 0 Å². The molecule has 1 aliphatic heterocycles. The standard InChI is InChI=1S/C11H13F2N3O/c12-10(13)7-17-9-1-2-11(15-5-9)16-4-3-8(14)6-16/h1-2,5,10,14H,3-4,6-7H2. The second kappa shape index (κ2) is 5.07. The van der Waals surface area contributed by atoms with Crippen LogP contribution < -0.4 is 9.64 Å². The van der Waals surface area contributed by atoms with Gasteiger partial charge in [0.25, 0.3) is 6.43 Å². The van der Waals surface area contributed by atoms with Crippen molar-refractivity contribution in [3.05, 3.63) is 18.3 Å². The summed E-state index contributed by atoms with van der Waals surface area (Å²) in [5.74, 6) is 1.08. The molecule has 4 nitrogen and oxygen atoms in total. The Morgan fingerprint density at radius 1 is 1.47 bits per heavy atom. The fourth-order valence-electron chi connectivity index (χ4n) is 1.66. The fraction of sp³-hybridized carbons (Fsp3) is 0.455. The summed E-state index contributed by atoms with van der Waals surface area (Å²) in [4.78, 5) is 6.10. The smallest absolute Gasteiger partial charge is 0.272 e. The summed E-state index contributed by atoms with van der Waals surface area (Å²) in [5, 5.41) is 7.51. The predicted octanol–water partition coefficient (Wildman–Crippen LogP) is 1.96. The van der Waals surface area contributed by atoms with Crippen molar-refractivity contribution < 1.29 is 13.5 Å². The van der Waals surface area contributed by atoms with Gasteiger partial charge < -0.3 is 15.0 Å². The van der Waals surface area contributed by atoms with Crippen LogP contribution in [-0.4, -0.2) is 36.8 Å². The number of aromatic nitrogens is 1. The van der Waals surface area contributed by atoms with Gasteiger partial charge in [0.2, 0.25) is 0 Å². The minimum atomic E-state index is -2.48. The lowest BCUT2D eigenvalue weighted by molar-refractivity contribution is 0.0817. The molecule has 0 bridgehead atoms. The van der Waals surface area contributed by atoms with Gasteiger partial charge in [-0.3, -0.25) is 0 Å². The van der Waals surface area contributed by atoms with Crippen LogP contribution in [0.15, 0.2) is 18.3 Å². The predicted molar refractivity (Wildman–Crippen MR) is 60.3 cm³/mol. The summed E-state index contributed by atoms with van der Waals surface area (Å²) in [6.07, 6.45) is -0.293. The quantitative estimate of drug-likeness (QED) is 0.876. The topological polar surface area (TPSA) is 49.2 Å². The third kappa shape index (κ3) is 3.12. The molecule has 0 radical (unpaired) electrons. The molecule has 2 heterocycles. The van der Waals surface area contributed by atoms with E-state index in [1.54, 1.807) is 12.1 Å². The summed E-state index contributed by atoms with van der Waals surface area (Å²) < 4.78 is 28.7. The van der Waals surface area contributed by atoms with Crippen molar-refractivity contribution in [3.8, 4) is 5.75 Å². The zero-order valence-electron chi connectivity index (χ0n) is 9.20. The van der Waals surface area contributed by atoms with Gasteiger partial charge in [-0.05, 0) is 12.1 Å². The SMILES string of the molecule is N=C1CCN(c2ccc(OCC(F)F)cn2)C1. The van der Waals surface area contributed by atoms with E-state index in [-0.39, 0.29) is 0 Å². The Balaban J connectivity index is 1.95. The van der Waals surface area contributed by atoms with Crippen molar-refractivity contribution in [3.63, 3.8) is 0 Å². The Labute approximate surface area is 97.7 Å². The number of hydrogen-bond donors (Lipinski definition) is 1. The fourth-order valence-corrected chi connectivity index (χ4v) is 1.66. The molecule has 0 amide bonds. The van der Waals surface area contributed by atoms with E-state index in [1.807, 2.05) is 4.90 Å². The van der Waals surface area contributed by atoms with E-state index < -0.39 is 13.0 Å². The van der Waals surface area contributed by atoms with Gasteiger partial charge in [0.15, 0.2) is 0 Å². The van der Waals surface area contributed by atoms with Crippen LogP contribution >= 0.6 is 0 Å². The number of alkyl halides is 2. The third-order valence-corrected chi connectivity index (χ3v) is 2.49. The highest BCUT2D eigenvalue weighted by atomic mass is 19.3. The van der Waals surface area contributed by atoms with Gasteiger partial charge in [0, 0.05) is 18.7 Å². The minimum absolute atomic E-state index is 0.336. The molecule has 1 aliphatic rings. The molecule has 0 saturated carbocycles. The highest BCUT2D eigenvalue weighted by Gasteiger charge is 2.17. The minimum Gasteiger partial charge on any atom is -0.486 e. The van der Waals surface area contributed by atoms with Crippen LogP contribution in [0.4, 0.5) is 14.6 Å². The molecule has 1 saturated heterocycles. The zero-order chi connectivity index (χ0) is 12.3. The number of nitrogens with zero attached hydrogens (tertiary/aromatic N) is 2. The van der Waals surface area contributed by atoms with E-state index >= 15 is 0 Å². The van der Waals surface area contributed by atoms with E-state index in [1.165, 1.54) is 6.20 Å². The first-order chi connectivity index (χ1) is 8.15. The molecule has 0 atom stereocenters. The maximum Gasteiger partial charge on any atom is 0.272 e. The summed E-state index contributed by atoms with van der Waals surface area (Å²) in [7, 11) is 0. The van der Waals surface area contributed by atoms with Crippen LogP contribution in [0.5, 0.6) is 5.75 Å². The van der Waals surface area contributed by atoms with Gasteiger partial charge in [0.1, 0.15) is 18.2 Å². The van der Waals surface area contributed by atoms with Gasteiger partial charge in [-0.15, -0.1) is 0 Å². The van der Waals surface area contributed by atoms with Gasteiger partial charge >= 0.3 is 0 Å². The molecule has 0 unspecified atom stereocenters. The van der Waals surface area contributed by atoms with Crippen LogP contribution in [-0.2, 0) is 0 Å². The molecule has 2 rings (SSSR count). The average Bonchev–Trinajstić information content (AvgIpc) is 2.74. The number of hydrogen-bond acceptors (Lipinski definition) is 4. The van der Waals surface area contributed by atoms with E-state index in [4.69, 9.17) is 10.1 Å². The third-order valence-electron chi connectivity index (χ3n) is 2.49. The summed E-state index contributed by atoms with van der Waals surface area (Å²) in [6.45, 7) is 0.753. The number of halogens is 2. The molecule has 1 N–H and O–H groups in total. The number of rotatable bonds is 4. The Hall–Kier alpha value is -1.72. The molecule has 1 aromatic heterocycles. The second-order valence-electron chi connectivity index (χ2n) is 3.83. The van der Waals surface area contributed by atoms with Crippen molar-refractivity contribution in [1.29, 1.82) is 5.41 Å². The summed E-state index contributed by atoms with van der Waals surface area (Å²) in [5.41, 5.74) is 0.685. The van der Waals surface area contributed by atoms with E-state index in [9.17, 15) is 8.78 Å². The Morgan fingerprint density at radius 3 is 2.82 bits per heavy atom. The van der Waals surface area contributed by atoms with Gasteiger partial charge in [-0.2, -0.15) is 0 Å². The zero-order valence-corrected chi connectivity index (χ0v) is 9.20. The van der Waals surface area contributed by atoms with Crippen LogP contribution in [0.1, 0.15) is 6.42 Å². The molecule has 0 aliphatic carbocycles. The van der Waals surface area contributed by atoms with E-state index in [2.05, 4.69) is 4.98 Å². The first-order valence-electron chi connectivity index (χ1n) is 5.33. The van der Waals surface area contributed by atoms with Crippen molar-refractivity contribution in [2.75, 3.05) is 24.6 Å². The van der Waals surface area contributed by atoms with Crippen LogP contribution in [0, 0.1) is 5.41 Å². The number of nitrogens with one attached hydrogen (secondary N) is 1. The first kappa shape index (κ1) is 11.8. The summed E-state index contributed by atoms with van der Waals surface area (Å²) >= 11 is 0. The molecular formula is C11H13F2N3O. The van der Waals surface area contributed by atoms with Crippen molar-refractivity contribution in [2.45, 2.75) is 12.8 Å². The molecule has 92 valence electrons. The van der Waals surface area contributed by atoms with E-state index in [0.717, 1.165) is 18.8 Å². The van der Waals surface area contributed by atoms with Crippen LogP contribution in [0.2, 0.25) is 0 Å². The lowest BCUT2D eigenvalue weighted by Gasteiger charge is -2.15. The van der Waals surface area contributed by atoms with Gasteiger partial charge in [0.05, 0.1) is 12.7 Å². The lowest BCUT2D eigenvalue weighted by atomic mass is 10.3. The van der Waals surface area contributed by atoms with Crippen LogP contribution in [0.3, 0.4) is 0 Å². The normalized spacial score (nSPS) is 15.7. The monoisotopic (exact) mass is 241 g/mol. The van der Waals surface area contributed by atoms with Gasteiger partial charge in [-0.25, -0.2) is 13.8 Å². The number of anilines is 1. The van der Waals surface area contributed by atoms with Crippen LogP contribution in [0.25, 0.3) is 0 Å². The summed E-state index contributed by atoms with van der Waals surface area (Å²) in [6, 6.07) is 3.34. The molecule has 6 heteroatoms. The second-order valence-corrected chi connectivity index (χ2v) is 3.83. The Kier molecular flexibility index (Phi) is 3.51. The Morgan fingerprint density at radius 2 is 2.29 bits per heavy atom. The molecule has 17 heavy (non-hydrogen) atoms. The van der Waals surface area contributed by atoms with Crippen molar-refractivity contribution >= 4 is 11.5 Å². The van der Waals surface area contributed by atoms with Crippen molar-refractivity contribution in [1.82, 2.24) is 4.98 Å². The number of pyridine rings is 1. The maximum absolute atomic E-state index is 11.9. The molecule has 1 fully saturated rings. The highest BCUT2D eigenvalue weighted by molar-refractivity contribution is 5.89. The largest absolute Gasteiger partial charge is 0.486 e. The molecule has 0 aromatic carbocycles. The maximum atomic E-state index is 11.9. The Bertz CT molecular complexity index is 394. The molecule has 1 aromatic rings. The first-order valence-corrected chi connectivity index (χ1v) is 5.33. The average molecular weight is 241 g/mol. The lowest BCUT2D eigenvalue weighted by Crippen LogP contribution is -2.20. The number of ether oxygens (including phenoxy) is 1. The highest BCUT2D eigenvalue weighted by Crippen LogP contribution is 2.19. The van der Waals surface area contributed by atoms with Gasteiger partial charge in [-0.1, -0.05) is 0 Å². The molecular weight excluding hydrogens is 228 g/mol. The van der Waals surface area contributed by atoms with E-state index in [0.29, 0.717) is 18.0 Å². The molecule has 0 spiro atoms.